The Hall–Kier alpha value is -1.58. The molecule has 2 aromatic rings. The van der Waals surface area contributed by atoms with Crippen molar-refractivity contribution in [3.05, 3.63) is 48.2 Å². The molecule has 1 N–H and O–H groups in total. The molecule has 1 aliphatic heterocycles. The van der Waals surface area contributed by atoms with Gasteiger partial charge < -0.3 is 14.6 Å². The molecular weight excluding hydrogens is 260 g/mol. The normalized spacial score (nSPS) is 15.6. The zero-order valence-electron chi connectivity index (χ0n) is 12.6. The number of nitrogens with one attached hydrogen (secondary N) is 1. The standard InChI is InChI=1S/C18H24N2O/c1-2-7-16(8-3-1)18-10-9-17(21-18)15-19-11-6-14-20-12-4-5-13-20/h1-3,7-10,19H,4-6,11-15H2. The van der Waals surface area contributed by atoms with E-state index in [1.54, 1.807) is 0 Å². The molecule has 3 nitrogen and oxygen atoms in total. The van der Waals surface area contributed by atoms with Crippen molar-refractivity contribution in [3.8, 4) is 11.3 Å². The maximum atomic E-state index is 5.88. The summed E-state index contributed by atoms with van der Waals surface area (Å²) in [4.78, 5) is 2.56. The Morgan fingerprint density at radius 2 is 1.81 bits per heavy atom. The van der Waals surface area contributed by atoms with Crippen molar-refractivity contribution < 1.29 is 4.42 Å². The molecule has 112 valence electrons. The first-order valence-corrected chi connectivity index (χ1v) is 7.99. The van der Waals surface area contributed by atoms with Gasteiger partial charge in [0.2, 0.25) is 0 Å². The first-order valence-electron chi connectivity index (χ1n) is 7.99. The highest BCUT2D eigenvalue weighted by Crippen LogP contribution is 2.21. The molecule has 0 unspecified atom stereocenters. The SMILES string of the molecule is c1ccc(-c2ccc(CNCCCN3CCCC3)o2)cc1. The molecule has 2 heterocycles. The number of hydrogen-bond donors (Lipinski definition) is 1. The number of nitrogens with zero attached hydrogens (tertiary/aromatic N) is 1. The zero-order chi connectivity index (χ0) is 14.3. The van der Waals surface area contributed by atoms with Gasteiger partial charge in [0.25, 0.3) is 0 Å². The molecule has 3 rings (SSSR count). The van der Waals surface area contributed by atoms with E-state index in [0.29, 0.717) is 0 Å². The molecule has 1 aromatic heterocycles. The van der Waals surface area contributed by atoms with Crippen molar-refractivity contribution in [3.63, 3.8) is 0 Å². The summed E-state index contributed by atoms with van der Waals surface area (Å²) in [7, 11) is 0. The minimum absolute atomic E-state index is 0.812. The predicted molar refractivity (Wildman–Crippen MR) is 86.1 cm³/mol. The van der Waals surface area contributed by atoms with Gasteiger partial charge in [0, 0.05) is 5.56 Å². The van der Waals surface area contributed by atoms with E-state index in [1.165, 1.54) is 38.9 Å². The maximum absolute atomic E-state index is 5.88. The summed E-state index contributed by atoms with van der Waals surface area (Å²) in [6.45, 7) is 5.67. The van der Waals surface area contributed by atoms with Gasteiger partial charge in [-0.3, -0.25) is 0 Å². The topological polar surface area (TPSA) is 28.4 Å². The third-order valence-corrected chi connectivity index (χ3v) is 4.05. The van der Waals surface area contributed by atoms with Gasteiger partial charge in [0.05, 0.1) is 6.54 Å². The van der Waals surface area contributed by atoms with E-state index < -0.39 is 0 Å². The van der Waals surface area contributed by atoms with Crippen molar-refractivity contribution >= 4 is 0 Å². The fourth-order valence-corrected chi connectivity index (χ4v) is 2.88. The Morgan fingerprint density at radius 3 is 2.62 bits per heavy atom. The van der Waals surface area contributed by atoms with Gasteiger partial charge in [-0.15, -0.1) is 0 Å². The smallest absolute Gasteiger partial charge is 0.134 e. The minimum atomic E-state index is 0.812. The second-order valence-corrected chi connectivity index (χ2v) is 5.71. The maximum Gasteiger partial charge on any atom is 0.134 e. The Morgan fingerprint density at radius 1 is 1.00 bits per heavy atom. The van der Waals surface area contributed by atoms with Crippen LogP contribution in [-0.4, -0.2) is 31.1 Å². The van der Waals surface area contributed by atoms with Crippen LogP contribution in [0.4, 0.5) is 0 Å². The largest absolute Gasteiger partial charge is 0.460 e. The van der Waals surface area contributed by atoms with Crippen molar-refractivity contribution in [2.45, 2.75) is 25.8 Å². The van der Waals surface area contributed by atoms with Crippen molar-refractivity contribution in [2.24, 2.45) is 0 Å². The molecule has 0 spiro atoms. The van der Waals surface area contributed by atoms with Gasteiger partial charge >= 0.3 is 0 Å². The van der Waals surface area contributed by atoms with Crippen LogP contribution >= 0.6 is 0 Å². The van der Waals surface area contributed by atoms with Gasteiger partial charge in [-0.2, -0.15) is 0 Å². The number of rotatable bonds is 7. The van der Waals surface area contributed by atoms with Gasteiger partial charge in [-0.05, 0) is 57.6 Å². The molecule has 0 bridgehead atoms. The highest BCUT2D eigenvalue weighted by Gasteiger charge is 2.10. The van der Waals surface area contributed by atoms with Crippen LogP contribution in [0.5, 0.6) is 0 Å². The van der Waals surface area contributed by atoms with Crippen LogP contribution in [0.1, 0.15) is 25.0 Å². The number of likely N-dealkylation sites (tertiary alicyclic amines) is 1. The Labute approximate surface area is 127 Å². The second kappa shape index (κ2) is 7.43. The summed E-state index contributed by atoms with van der Waals surface area (Å²) < 4.78 is 5.88. The van der Waals surface area contributed by atoms with Gasteiger partial charge in [0.1, 0.15) is 11.5 Å². The average Bonchev–Trinajstić information content (AvgIpc) is 3.19. The summed E-state index contributed by atoms with van der Waals surface area (Å²) >= 11 is 0. The molecule has 0 aliphatic carbocycles. The molecule has 1 aromatic carbocycles. The van der Waals surface area contributed by atoms with Crippen molar-refractivity contribution in [1.29, 1.82) is 0 Å². The van der Waals surface area contributed by atoms with Crippen LogP contribution in [0.15, 0.2) is 46.9 Å². The van der Waals surface area contributed by atoms with E-state index >= 15 is 0 Å². The highest BCUT2D eigenvalue weighted by molar-refractivity contribution is 5.57. The number of benzene rings is 1. The summed E-state index contributed by atoms with van der Waals surface area (Å²) in [6.07, 6.45) is 3.97. The molecule has 1 fully saturated rings. The van der Waals surface area contributed by atoms with Crippen molar-refractivity contribution in [2.75, 3.05) is 26.2 Å². The lowest BCUT2D eigenvalue weighted by Crippen LogP contribution is -2.24. The minimum Gasteiger partial charge on any atom is -0.460 e. The monoisotopic (exact) mass is 284 g/mol. The summed E-state index contributed by atoms with van der Waals surface area (Å²) in [5.41, 5.74) is 1.14. The quantitative estimate of drug-likeness (QED) is 0.789. The summed E-state index contributed by atoms with van der Waals surface area (Å²) in [6, 6.07) is 14.4. The van der Waals surface area contributed by atoms with E-state index in [1.807, 2.05) is 18.2 Å². The molecule has 3 heteroatoms. The Balaban J connectivity index is 1.39. The van der Waals surface area contributed by atoms with Crippen LogP contribution < -0.4 is 5.32 Å². The lowest BCUT2D eigenvalue weighted by Gasteiger charge is -2.13. The molecule has 21 heavy (non-hydrogen) atoms. The second-order valence-electron chi connectivity index (χ2n) is 5.71. The number of hydrogen-bond acceptors (Lipinski definition) is 3. The fourth-order valence-electron chi connectivity index (χ4n) is 2.88. The van der Waals surface area contributed by atoms with Gasteiger partial charge in [0.15, 0.2) is 0 Å². The Bertz CT molecular complexity index is 529. The first-order chi connectivity index (χ1) is 10.4. The molecule has 0 saturated carbocycles. The van der Waals surface area contributed by atoms with E-state index in [9.17, 15) is 0 Å². The first kappa shape index (κ1) is 14.4. The van der Waals surface area contributed by atoms with E-state index in [0.717, 1.165) is 30.2 Å². The average molecular weight is 284 g/mol. The molecule has 1 saturated heterocycles. The van der Waals surface area contributed by atoms with Crippen LogP contribution in [-0.2, 0) is 6.54 Å². The molecule has 0 radical (unpaired) electrons. The van der Waals surface area contributed by atoms with E-state index in [2.05, 4.69) is 34.5 Å². The van der Waals surface area contributed by atoms with E-state index in [-0.39, 0.29) is 0 Å². The number of furan rings is 1. The lowest BCUT2D eigenvalue weighted by atomic mass is 10.2. The highest BCUT2D eigenvalue weighted by atomic mass is 16.3. The lowest BCUT2D eigenvalue weighted by molar-refractivity contribution is 0.330. The Kier molecular flexibility index (Phi) is 5.08. The van der Waals surface area contributed by atoms with Crippen LogP contribution in [0, 0.1) is 0 Å². The van der Waals surface area contributed by atoms with Crippen LogP contribution in [0.3, 0.4) is 0 Å². The van der Waals surface area contributed by atoms with Crippen LogP contribution in [0.25, 0.3) is 11.3 Å². The summed E-state index contributed by atoms with van der Waals surface area (Å²) in [5.74, 6) is 1.96. The van der Waals surface area contributed by atoms with Crippen LogP contribution in [0.2, 0.25) is 0 Å². The fraction of sp³-hybridized carbons (Fsp3) is 0.444. The molecule has 0 amide bonds. The molecule has 1 aliphatic rings. The molecular formula is C18H24N2O. The zero-order valence-corrected chi connectivity index (χ0v) is 12.6. The van der Waals surface area contributed by atoms with E-state index in [4.69, 9.17) is 4.42 Å². The third-order valence-electron chi connectivity index (χ3n) is 4.05. The van der Waals surface area contributed by atoms with Gasteiger partial charge in [-0.1, -0.05) is 30.3 Å². The van der Waals surface area contributed by atoms with Gasteiger partial charge in [-0.25, -0.2) is 0 Å². The summed E-state index contributed by atoms with van der Waals surface area (Å²) in [5, 5.41) is 3.47. The predicted octanol–water partition coefficient (Wildman–Crippen LogP) is 3.52. The molecule has 0 atom stereocenters. The third kappa shape index (κ3) is 4.19. The van der Waals surface area contributed by atoms with Crippen molar-refractivity contribution in [1.82, 2.24) is 10.2 Å².